The van der Waals surface area contributed by atoms with Crippen LogP contribution >= 0.6 is 0 Å². The monoisotopic (exact) mass is 644 g/mol. The van der Waals surface area contributed by atoms with Gasteiger partial charge in [0.2, 0.25) is 0 Å². The number of hydrogen-bond acceptors (Lipinski definition) is 4. The first kappa shape index (κ1) is 38.2. The Kier molecular flexibility index (Phi) is 10.7. The molecule has 0 saturated heterocycles. The van der Waals surface area contributed by atoms with Crippen molar-refractivity contribution in [2.45, 2.75) is 80.4 Å². The second kappa shape index (κ2) is 11.5. The zero-order valence-corrected chi connectivity index (χ0v) is 20.2. The zero-order chi connectivity index (χ0) is 33.4. The number of carbonyl (C=O) groups is 2. The molecule has 4 nitrogen and oxygen atoms in total. The van der Waals surface area contributed by atoms with Crippen molar-refractivity contribution in [3.8, 4) is 0 Å². The van der Waals surface area contributed by atoms with Gasteiger partial charge < -0.3 is 9.47 Å². The summed E-state index contributed by atoms with van der Waals surface area (Å²) in [6, 6.07) is 0. The molecule has 0 aliphatic heterocycles. The molecule has 0 aromatic carbocycles. The van der Waals surface area contributed by atoms with Gasteiger partial charge in [0, 0.05) is 17.6 Å². The summed E-state index contributed by atoms with van der Waals surface area (Å²) < 4.78 is 236. The summed E-state index contributed by atoms with van der Waals surface area (Å²) in [5.74, 6) is -60.2. The van der Waals surface area contributed by atoms with Gasteiger partial charge in [-0.3, -0.25) is 0 Å². The molecule has 0 spiro atoms. The molecule has 21 heteroatoms. The van der Waals surface area contributed by atoms with Gasteiger partial charge >= 0.3 is 59.6 Å². The van der Waals surface area contributed by atoms with E-state index in [2.05, 4.69) is 22.6 Å². The maximum Gasteiger partial charge on any atom is 0.460 e. The fraction of sp³-hybridized carbons (Fsp3) is 0.700. The Bertz CT molecular complexity index is 1010. The van der Waals surface area contributed by atoms with E-state index < -0.39 is 90.7 Å². The van der Waals surface area contributed by atoms with Gasteiger partial charge in [0.25, 0.3) is 0 Å². The highest BCUT2D eigenvalue weighted by Gasteiger charge is 2.95. The van der Waals surface area contributed by atoms with E-state index >= 15 is 0 Å². The van der Waals surface area contributed by atoms with E-state index in [1.165, 1.54) is 0 Å². The van der Waals surface area contributed by atoms with E-state index in [1.54, 1.807) is 0 Å². The van der Waals surface area contributed by atoms with Gasteiger partial charge in [0.15, 0.2) is 0 Å². The van der Waals surface area contributed by atoms with Crippen LogP contribution in [0.1, 0.15) is 26.7 Å². The van der Waals surface area contributed by atoms with E-state index in [-0.39, 0.29) is 5.57 Å². The number of rotatable bonds is 14. The van der Waals surface area contributed by atoms with Gasteiger partial charge in [-0.2, -0.15) is 74.6 Å². The fourth-order valence-corrected chi connectivity index (χ4v) is 2.42. The van der Waals surface area contributed by atoms with Crippen LogP contribution in [0.25, 0.3) is 0 Å². The number of carbonyl (C=O) groups excluding carboxylic acids is 2. The normalized spacial score (nSPS) is 15.3. The molecule has 1 atom stereocenters. The molecule has 41 heavy (non-hydrogen) atoms. The third-order valence-electron chi connectivity index (χ3n) is 4.94. The van der Waals surface area contributed by atoms with Gasteiger partial charge in [-0.1, -0.05) is 13.2 Å². The second-order valence-corrected chi connectivity index (χ2v) is 8.37. The molecule has 240 valence electrons. The molecule has 0 aromatic rings. The summed E-state index contributed by atoms with van der Waals surface area (Å²) in [6.07, 6.45) is -14.9. The van der Waals surface area contributed by atoms with Crippen LogP contribution in [-0.4, -0.2) is 72.3 Å². The van der Waals surface area contributed by atoms with Gasteiger partial charge in [-0.15, -0.1) is 0 Å². The van der Waals surface area contributed by atoms with Crippen molar-refractivity contribution in [2.24, 2.45) is 0 Å². The van der Waals surface area contributed by atoms with Crippen molar-refractivity contribution in [1.29, 1.82) is 0 Å². The van der Waals surface area contributed by atoms with Crippen molar-refractivity contribution in [3.63, 3.8) is 0 Å². The Hall–Kier alpha value is -2.77. The van der Waals surface area contributed by atoms with Gasteiger partial charge in [-0.25, -0.2) is 9.59 Å². The summed E-state index contributed by atoms with van der Waals surface area (Å²) in [5.41, 5.74) is -0.911. The summed E-state index contributed by atoms with van der Waals surface area (Å²) >= 11 is 0. The molecule has 0 aromatic heterocycles. The number of hydrogen-bond donors (Lipinski definition) is 0. The van der Waals surface area contributed by atoms with E-state index in [0.717, 1.165) is 13.8 Å². The van der Waals surface area contributed by atoms with Crippen LogP contribution in [0.2, 0.25) is 0 Å². The minimum absolute atomic E-state index is 0.387. The summed E-state index contributed by atoms with van der Waals surface area (Å²) in [5, 5.41) is 0. The van der Waals surface area contributed by atoms with Crippen molar-refractivity contribution in [1.82, 2.24) is 0 Å². The van der Waals surface area contributed by atoms with Crippen LogP contribution in [0.5, 0.6) is 0 Å². The largest absolute Gasteiger partial charge is 0.460 e. The average Bonchev–Trinajstić information content (AvgIpc) is 2.78. The minimum atomic E-state index is -8.74. The maximum atomic E-state index is 14.1. The molecule has 0 aliphatic carbocycles. The number of esters is 2. The van der Waals surface area contributed by atoms with Crippen LogP contribution in [0.4, 0.5) is 74.6 Å². The third kappa shape index (κ3) is 6.67. The number of halogens is 17. The number of alkyl halides is 17. The highest BCUT2D eigenvalue weighted by molar-refractivity contribution is 5.87. The standard InChI is InChI=1S/C20H17F17O4/c1-8(2)11(38)40-7-10(41-12(39)9(3)4)5-6-13(21,22)14(23,24)15(25,26)16(27,28)17(29,30)18(31,32)19(33,34)20(35,36)37/h10H,1,3,5-7H2,2,4H3. The highest BCUT2D eigenvalue weighted by atomic mass is 19.4. The van der Waals surface area contributed by atoms with Crippen LogP contribution in [0, 0.1) is 0 Å². The first-order chi connectivity index (χ1) is 17.8. The molecule has 1 unspecified atom stereocenters. The Balaban J connectivity index is 6.45. The van der Waals surface area contributed by atoms with Gasteiger partial charge in [-0.05, 0) is 20.3 Å². The lowest BCUT2D eigenvalue weighted by molar-refractivity contribution is -0.461. The molecule has 0 bridgehead atoms. The molecular weight excluding hydrogens is 627 g/mol. The quantitative estimate of drug-likeness (QED) is 0.113. The first-order valence-electron chi connectivity index (χ1n) is 10.2. The second-order valence-electron chi connectivity index (χ2n) is 8.37. The minimum Gasteiger partial charge on any atom is -0.458 e. The molecule has 0 radical (unpaired) electrons. The molecule has 0 heterocycles. The topological polar surface area (TPSA) is 52.6 Å². The molecule has 0 rings (SSSR count). The third-order valence-corrected chi connectivity index (χ3v) is 4.94. The van der Waals surface area contributed by atoms with Crippen molar-refractivity contribution in [2.75, 3.05) is 6.61 Å². The Morgan fingerprint density at radius 1 is 0.585 bits per heavy atom. The lowest BCUT2D eigenvalue weighted by atomic mass is 9.87. The Labute approximate surface area is 218 Å². The molecule has 0 saturated carbocycles. The van der Waals surface area contributed by atoms with Crippen LogP contribution < -0.4 is 0 Å². The van der Waals surface area contributed by atoms with E-state index in [1.807, 2.05) is 0 Å². The summed E-state index contributed by atoms with van der Waals surface area (Å²) in [4.78, 5) is 23.0. The first-order valence-corrected chi connectivity index (χ1v) is 10.2. The zero-order valence-electron chi connectivity index (χ0n) is 20.2. The SMILES string of the molecule is C=C(C)C(=O)OCC(CCC(F)(F)C(F)(F)C(F)(F)C(F)(F)C(F)(F)C(F)(F)C(F)(F)C(F)(F)F)OC(=O)C(=C)C. The fourth-order valence-electron chi connectivity index (χ4n) is 2.42. The van der Waals surface area contributed by atoms with Crippen molar-refractivity contribution in [3.05, 3.63) is 24.3 Å². The average molecular weight is 644 g/mol. The van der Waals surface area contributed by atoms with E-state index in [9.17, 15) is 84.2 Å². The van der Waals surface area contributed by atoms with Crippen molar-refractivity contribution < 1.29 is 93.7 Å². The molecular formula is C20H17F17O4. The maximum absolute atomic E-state index is 14.1. The van der Waals surface area contributed by atoms with Crippen LogP contribution in [-0.2, 0) is 19.1 Å². The lowest BCUT2D eigenvalue weighted by Crippen LogP contribution is -2.74. The summed E-state index contributed by atoms with van der Waals surface area (Å²) in [6.45, 7) is 6.68. The smallest absolute Gasteiger partial charge is 0.458 e. The van der Waals surface area contributed by atoms with Crippen molar-refractivity contribution >= 4 is 11.9 Å². The van der Waals surface area contributed by atoms with Crippen LogP contribution in [0.3, 0.4) is 0 Å². The van der Waals surface area contributed by atoms with Gasteiger partial charge in [0.1, 0.15) is 12.7 Å². The predicted molar refractivity (Wildman–Crippen MR) is 100 cm³/mol. The molecule has 0 N–H and O–H groups in total. The molecule has 0 amide bonds. The van der Waals surface area contributed by atoms with E-state index in [0.29, 0.717) is 0 Å². The molecule has 0 aliphatic rings. The lowest BCUT2D eigenvalue weighted by Gasteiger charge is -2.42. The number of ether oxygens (including phenoxy) is 2. The Morgan fingerprint density at radius 2 is 0.927 bits per heavy atom. The highest BCUT2D eigenvalue weighted by Crippen LogP contribution is 2.64. The predicted octanol–water partition coefficient (Wildman–Crippen LogP) is 7.38. The van der Waals surface area contributed by atoms with E-state index in [4.69, 9.17) is 0 Å². The molecule has 0 fully saturated rings. The summed E-state index contributed by atoms with van der Waals surface area (Å²) in [7, 11) is 0. The Morgan fingerprint density at radius 3 is 1.27 bits per heavy atom. The van der Waals surface area contributed by atoms with Gasteiger partial charge in [0.05, 0.1) is 0 Å². The van der Waals surface area contributed by atoms with Crippen LogP contribution in [0.15, 0.2) is 24.3 Å².